The van der Waals surface area contributed by atoms with Crippen LogP contribution >= 0.6 is 15.9 Å². The highest BCUT2D eigenvalue weighted by atomic mass is 79.9. The lowest BCUT2D eigenvalue weighted by Crippen LogP contribution is -2.57. The Morgan fingerprint density at radius 2 is 1.53 bits per heavy atom. The number of aliphatic imine (C=N–C) groups is 1. The Morgan fingerprint density at radius 3 is 2.10 bits per heavy atom. The molecule has 1 spiro atoms. The third-order valence-corrected chi connectivity index (χ3v) is 7.65. The van der Waals surface area contributed by atoms with E-state index in [2.05, 4.69) is 105 Å². The molecule has 6 rings (SSSR count). The highest BCUT2D eigenvalue weighted by Gasteiger charge is 2.68. The predicted molar refractivity (Wildman–Crippen MR) is 126 cm³/mol. The van der Waals surface area contributed by atoms with Crippen LogP contribution in [0.25, 0.3) is 0 Å². The van der Waals surface area contributed by atoms with Crippen LogP contribution in [0.3, 0.4) is 0 Å². The van der Waals surface area contributed by atoms with E-state index in [-0.39, 0.29) is 16.9 Å². The highest BCUT2D eigenvalue weighted by molar-refractivity contribution is 9.10. The third-order valence-electron chi connectivity index (χ3n) is 7.16. The number of anilines is 1. The van der Waals surface area contributed by atoms with Crippen LogP contribution < -0.4 is 10.6 Å². The molecule has 2 N–H and O–H groups in total. The molecule has 1 fully saturated rings. The van der Waals surface area contributed by atoms with Crippen molar-refractivity contribution in [2.24, 2.45) is 10.4 Å². The highest BCUT2D eigenvalue weighted by Crippen LogP contribution is 2.70. The molecule has 4 heteroatoms. The summed E-state index contributed by atoms with van der Waals surface area (Å²) in [5.41, 5.74) is 5.07. The first-order valence-electron chi connectivity index (χ1n) is 10.7. The van der Waals surface area contributed by atoms with Crippen molar-refractivity contribution in [3.8, 4) is 0 Å². The van der Waals surface area contributed by atoms with E-state index in [1.54, 1.807) is 0 Å². The molecule has 0 saturated heterocycles. The predicted octanol–water partition coefficient (Wildman–Crippen LogP) is 5.36. The van der Waals surface area contributed by atoms with E-state index in [0.29, 0.717) is 0 Å². The summed E-state index contributed by atoms with van der Waals surface area (Å²) >= 11 is 3.76. The average molecular weight is 458 g/mol. The molecule has 3 nitrogen and oxygen atoms in total. The van der Waals surface area contributed by atoms with Crippen molar-refractivity contribution in [1.82, 2.24) is 5.32 Å². The minimum atomic E-state index is -0.239. The lowest BCUT2D eigenvalue weighted by molar-refractivity contribution is 0.321. The molecule has 150 valence electrons. The van der Waals surface area contributed by atoms with Crippen LogP contribution in [0.1, 0.15) is 29.5 Å². The molecule has 0 amide bonds. The summed E-state index contributed by atoms with van der Waals surface area (Å²) in [6.07, 6.45) is 2.34. The number of nitrogens with zero attached hydrogens (tertiary/aromatic N) is 1. The second-order valence-corrected chi connectivity index (χ2v) is 9.51. The number of amidine groups is 1. The maximum Gasteiger partial charge on any atom is 0.120 e. The van der Waals surface area contributed by atoms with Gasteiger partial charge in [0, 0.05) is 22.1 Å². The van der Waals surface area contributed by atoms with Gasteiger partial charge in [0.05, 0.1) is 18.0 Å². The largest absolute Gasteiger partial charge is 0.374 e. The topological polar surface area (TPSA) is 36.4 Å². The summed E-state index contributed by atoms with van der Waals surface area (Å²) in [6, 6.07) is 29.0. The van der Waals surface area contributed by atoms with E-state index in [4.69, 9.17) is 4.99 Å². The summed E-state index contributed by atoms with van der Waals surface area (Å²) in [4.78, 5) is 4.87. The number of benzene rings is 3. The normalized spacial score (nSPS) is 22.6. The Morgan fingerprint density at radius 1 is 0.867 bits per heavy atom. The molecular formula is C26H24BrN3. The monoisotopic (exact) mass is 457 g/mol. The lowest BCUT2D eigenvalue weighted by Gasteiger charge is -2.52. The Balaban J connectivity index is 1.72. The lowest BCUT2D eigenvalue weighted by atomic mass is 9.55. The maximum atomic E-state index is 4.87. The first-order valence-corrected chi connectivity index (χ1v) is 11.5. The van der Waals surface area contributed by atoms with Gasteiger partial charge in [-0.2, -0.15) is 0 Å². The number of rotatable bonds is 3. The number of hydrogen-bond acceptors (Lipinski definition) is 3. The minimum Gasteiger partial charge on any atom is -0.374 e. The quantitative estimate of drug-likeness (QED) is 0.555. The van der Waals surface area contributed by atoms with Crippen LogP contribution in [0.5, 0.6) is 0 Å². The van der Waals surface area contributed by atoms with Gasteiger partial charge >= 0.3 is 0 Å². The first-order chi connectivity index (χ1) is 14.8. The van der Waals surface area contributed by atoms with E-state index in [1.165, 1.54) is 35.2 Å². The fourth-order valence-corrected chi connectivity index (χ4v) is 6.26. The van der Waals surface area contributed by atoms with Crippen molar-refractivity contribution < 1.29 is 0 Å². The van der Waals surface area contributed by atoms with Crippen LogP contribution in [-0.4, -0.2) is 25.0 Å². The number of nitrogens with one attached hydrogen (secondary N) is 2. The van der Waals surface area contributed by atoms with Crippen molar-refractivity contribution in [3.63, 3.8) is 0 Å². The van der Waals surface area contributed by atoms with Gasteiger partial charge in [-0.15, -0.1) is 0 Å². The van der Waals surface area contributed by atoms with Crippen LogP contribution in [0.15, 0.2) is 88.3 Å². The molecule has 2 heterocycles. The Hall–Kier alpha value is -2.59. The smallest absolute Gasteiger partial charge is 0.120 e. The molecular weight excluding hydrogens is 434 g/mol. The van der Waals surface area contributed by atoms with Crippen LogP contribution in [0, 0.1) is 5.41 Å². The molecule has 3 aromatic carbocycles. The van der Waals surface area contributed by atoms with Crippen LogP contribution in [-0.2, 0) is 5.41 Å². The molecule has 0 aromatic heterocycles. The molecule has 1 atom stereocenters. The molecule has 30 heavy (non-hydrogen) atoms. The van der Waals surface area contributed by atoms with E-state index >= 15 is 0 Å². The van der Waals surface area contributed by atoms with E-state index in [0.717, 1.165) is 23.4 Å². The van der Waals surface area contributed by atoms with Gasteiger partial charge in [0.15, 0.2) is 0 Å². The summed E-state index contributed by atoms with van der Waals surface area (Å²) in [7, 11) is 0. The van der Waals surface area contributed by atoms with Gasteiger partial charge in [-0.1, -0.05) is 76.6 Å². The standard InChI is InChI=1S/C26H24BrN3/c27-20-11-12-22-21(17-20)26(18-7-3-1-4-8-18,19-9-5-2-6-10-19)25(13-14-25)23(30-22)24-28-15-16-29-24/h1-12,17,23,30H,13-16H2,(H,28,29). The molecule has 1 saturated carbocycles. The minimum absolute atomic E-state index is 0.0413. The van der Waals surface area contributed by atoms with Gasteiger partial charge in [-0.3, -0.25) is 4.99 Å². The SMILES string of the molecule is Brc1ccc2c(c1)C(c1ccccc1)(c1ccccc1)C1(CC1)C(C1=NCCN1)N2. The molecule has 1 unspecified atom stereocenters. The van der Waals surface area contributed by atoms with E-state index in [9.17, 15) is 0 Å². The second-order valence-electron chi connectivity index (χ2n) is 8.60. The zero-order chi connectivity index (χ0) is 20.2. The van der Waals surface area contributed by atoms with Gasteiger partial charge in [0.25, 0.3) is 0 Å². The van der Waals surface area contributed by atoms with Gasteiger partial charge < -0.3 is 10.6 Å². The number of hydrogen-bond donors (Lipinski definition) is 2. The van der Waals surface area contributed by atoms with Gasteiger partial charge in [0.1, 0.15) is 5.84 Å². The number of fused-ring (bicyclic) bond motifs is 1. The molecule has 2 aliphatic heterocycles. The van der Waals surface area contributed by atoms with Gasteiger partial charge in [0.2, 0.25) is 0 Å². The van der Waals surface area contributed by atoms with Crippen LogP contribution in [0.2, 0.25) is 0 Å². The molecule has 0 radical (unpaired) electrons. The Labute approximate surface area is 185 Å². The van der Waals surface area contributed by atoms with Gasteiger partial charge in [-0.05, 0) is 47.7 Å². The first kappa shape index (κ1) is 18.2. The summed E-state index contributed by atoms with van der Waals surface area (Å²) in [5.74, 6) is 1.12. The molecule has 3 aromatic rings. The van der Waals surface area contributed by atoms with Crippen molar-refractivity contribution in [2.45, 2.75) is 24.3 Å². The van der Waals surface area contributed by atoms with Crippen molar-refractivity contribution in [3.05, 3.63) is 100 Å². The summed E-state index contributed by atoms with van der Waals surface area (Å²) < 4.78 is 1.12. The zero-order valence-corrected chi connectivity index (χ0v) is 18.3. The third kappa shape index (κ3) is 2.40. The summed E-state index contributed by atoms with van der Waals surface area (Å²) in [5, 5.41) is 7.48. The average Bonchev–Trinajstić information content (AvgIpc) is 3.38. The maximum absolute atomic E-state index is 4.87. The van der Waals surface area contributed by atoms with Crippen LogP contribution in [0.4, 0.5) is 5.69 Å². The Kier molecular flexibility index (Phi) is 4.07. The fraction of sp³-hybridized carbons (Fsp3) is 0.269. The molecule has 1 aliphatic carbocycles. The van der Waals surface area contributed by atoms with Crippen molar-refractivity contribution in [2.75, 3.05) is 18.4 Å². The Bertz CT molecular complexity index is 1080. The fourth-order valence-electron chi connectivity index (χ4n) is 5.90. The second kappa shape index (κ2) is 6.71. The molecule has 0 bridgehead atoms. The van der Waals surface area contributed by atoms with E-state index < -0.39 is 0 Å². The molecule has 3 aliphatic rings. The zero-order valence-electron chi connectivity index (χ0n) is 16.7. The van der Waals surface area contributed by atoms with Gasteiger partial charge in [-0.25, -0.2) is 0 Å². The number of halogens is 1. The summed E-state index contributed by atoms with van der Waals surface area (Å²) in [6.45, 7) is 1.79. The van der Waals surface area contributed by atoms with E-state index in [1.807, 2.05) is 0 Å². The van der Waals surface area contributed by atoms with Crippen molar-refractivity contribution in [1.29, 1.82) is 0 Å². The van der Waals surface area contributed by atoms with Crippen molar-refractivity contribution >= 4 is 27.5 Å².